The summed E-state index contributed by atoms with van der Waals surface area (Å²) in [5, 5.41) is 7.40. The molecular weight excluding hydrogens is 376 g/mol. The van der Waals surface area contributed by atoms with E-state index >= 15 is 0 Å². The zero-order valence-electron chi connectivity index (χ0n) is 15.9. The zero-order chi connectivity index (χ0) is 20.3. The number of furan rings is 1. The number of nitrogens with one attached hydrogen (secondary N) is 1. The van der Waals surface area contributed by atoms with Crippen molar-refractivity contribution in [2.75, 3.05) is 5.73 Å². The summed E-state index contributed by atoms with van der Waals surface area (Å²) < 4.78 is 11.4. The predicted octanol–water partition coefficient (Wildman–Crippen LogP) is 5.77. The standard InChI is InChI=1S/C24H18N4O2/c25-19-9-11-20(12-10-19)30-21-7-2-6-18(15-21)24-26-23(27-28-24)17-5-1-4-16(14-17)22-8-3-13-29-22/h1-15H,25H2,(H,26,27,28). The quantitative estimate of drug-likeness (QED) is 0.369. The Morgan fingerprint density at radius 2 is 1.57 bits per heavy atom. The number of rotatable bonds is 5. The Morgan fingerprint density at radius 3 is 2.40 bits per heavy atom. The predicted molar refractivity (Wildman–Crippen MR) is 116 cm³/mol. The minimum atomic E-state index is 0.614. The summed E-state index contributed by atoms with van der Waals surface area (Å²) in [7, 11) is 0. The molecule has 0 atom stereocenters. The molecule has 6 heteroatoms. The third kappa shape index (κ3) is 3.66. The minimum Gasteiger partial charge on any atom is -0.464 e. The van der Waals surface area contributed by atoms with E-state index in [1.807, 2.05) is 72.8 Å². The molecule has 146 valence electrons. The smallest absolute Gasteiger partial charge is 0.181 e. The highest BCUT2D eigenvalue weighted by Crippen LogP contribution is 2.29. The van der Waals surface area contributed by atoms with Crippen molar-refractivity contribution in [1.82, 2.24) is 15.2 Å². The molecule has 0 fully saturated rings. The lowest BCUT2D eigenvalue weighted by Crippen LogP contribution is -1.88. The first kappa shape index (κ1) is 17.8. The number of nitrogens with zero attached hydrogens (tertiary/aromatic N) is 2. The lowest BCUT2D eigenvalue weighted by Gasteiger charge is -2.07. The first-order valence-electron chi connectivity index (χ1n) is 9.45. The Labute approximate surface area is 173 Å². The van der Waals surface area contributed by atoms with Crippen LogP contribution in [0.2, 0.25) is 0 Å². The summed E-state index contributed by atoms with van der Waals surface area (Å²) in [5.74, 6) is 3.50. The van der Waals surface area contributed by atoms with Gasteiger partial charge in [-0.15, -0.1) is 0 Å². The van der Waals surface area contributed by atoms with Gasteiger partial charge in [0.25, 0.3) is 0 Å². The molecule has 0 bridgehead atoms. The molecule has 6 nitrogen and oxygen atoms in total. The van der Waals surface area contributed by atoms with E-state index in [1.54, 1.807) is 18.4 Å². The van der Waals surface area contributed by atoms with E-state index in [0.717, 1.165) is 22.5 Å². The molecule has 0 unspecified atom stereocenters. The number of H-pyrrole nitrogens is 1. The number of nitrogens with two attached hydrogens (primary N) is 1. The van der Waals surface area contributed by atoms with Crippen molar-refractivity contribution >= 4 is 5.69 Å². The van der Waals surface area contributed by atoms with Crippen LogP contribution in [0.25, 0.3) is 34.1 Å². The highest BCUT2D eigenvalue weighted by molar-refractivity contribution is 5.68. The number of benzene rings is 3. The molecule has 0 aliphatic heterocycles. The van der Waals surface area contributed by atoms with Crippen LogP contribution in [-0.2, 0) is 0 Å². The van der Waals surface area contributed by atoms with Gasteiger partial charge in [0.05, 0.1) is 6.26 Å². The molecule has 30 heavy (non-hydrogen) atoms. The zero-order valence-corrected chi connectivity index (χ0v) is 15.9. The van der Waals surface area contributed by atoms with Crippen LogP contribution in [-0.4, -0.2) is 15.2 Å². The normalized spacial score (nSPS) is 10.8. The van der Waals surface area contributed by atoms with Crippen LogP contribution in [0, 0.1) is 0 Å². The maximum Gasteiger partial charge on any atom is 0.181 e. The Balaban J connectivity index is 1.40. The molecule has 0 saturated carbocycles. The molecule has 3 N–H and O–H groups in total. The van der Waals surface area contributed by atoms with Gasteiger partial charge >= 0.3 is 0 Å². The SMILES string of the molecule is Nc1ccc(Oc2cccc(-c3nc(-c4cccc(-c5ccco5)c4)n[nH]3)c2)cc1. The molecule has 0 spiro atoms. The molecule has 2 aromatic heterocycles. The Morgan fingerprint density at radius 1 is 0.767 bits per heavy atom. The summed E-state index contributed by atoms with van der Waals surface area (Å²) >= 11 is 0. The molecule has 3 aromatic carbocycles. The van der Waals surface area contributed by atoms with Crippen molar-refractivity contribution in [3.63, 3.8) is 0 Å². The second-order valence-electron chi connectivity index (χ2n) is 6.76. The van der Waals surface area contributed by atoms with Crippen molar-refractivity contribution in [1.29, 1.82) is 0 Å². The first-order chi connectivity index (χ1) is 14.7. The van der Waals surface area contributed by atoms with Gasteiger partial charge in [-0.1, -0.05) is 30.3 Å². The molecule has 2 heterocycles. The number of aromatic amines is 1. The molecule has 0 aliphatic carbocycles. The van der Waals surface area contributed by atoms with Gasteiger partial charge in [-0.2, -0.15) is 5.10 Å². The topological polar surface area (TPSA) is 90.0 Å². The Bertz CT molecular complexity index is 1270. The van der Waals surface area contributed by atoms with Crippen LogP contribution in [0.15, 0.2) is 95.6 Å². The van der Waals surface area contributed by atoms with Crippen LogP contribution in [0.1, 0.15) is 0 Å². The number of anilines is 1. The number of hydrogen-bond donors (Lipinski definition) is 2. The fourth-order valence-corrected chi connectivity index (χ4v) is 3.15. The largest absolute Gasteiger partial charge is 0.464 e. The van der Waals surface area contributed by atoms with Gasteiger partial charge in [-0.05, 0) is 54.6 Å². The van der Waals surface area contributed by atoms with Gasteiger partial charge in [0.15, 0.2) is 11.6 Å². The van der Waals surface area contributed by atoms with Crippen molar-refractivity contribution in [2.24, 2.45) is 0 Å². The van der Waals surface area contributed by atoms with Gasteiger partial charge in [0, 0.05) is 22.4 Å². The third-order valence-electron chi connectivity index (χ3n) is 4.64. The number of hydrogen-bond acceptors (Lipinski definition) is 5. The van der Waals surface area contributed by atoms with E-state index in [2.05, 4.69) is 15.2 Å². The van der Waals surface area contributed by atoms with Crippen LogP contribution >= 0.6 is 0 Å². The lowest BCUT2D eigenvalue weighted by atomic mass is 10.1. The molecule has 0 amide bonds. The van der Waals surface area contributed by atoms with Gasteiger partial charge in [-0.25, -0.2) is 4.98 Å². The number of ether oxygens (including phenoxy) is 1. The number of aromatic nitrogens is 3. The maximum atomic E-state index is 5.92. The Kier molecular flexibility index (Phi) is 4.50. The summed E-state index contributed by atoms with van der Waals surface area (Å²) in [6, 6.07) is 26.7. The van der Waals surface area contributed by atoms with Gasteiger partial charge in [0.1, 0.15) is 17.3 Å². The van der Waals surface area contributed by atoms with E-state index in [1.165, 1.54) is 0 Å². The fraction of sp³-hybridized carbons (Fsp3) is 0. The van der Waals surface area contributed by atoms with Crippen molar-refractivity contribution in [3.8, 4) is 45.6 Å². The van der Waals surface area contributed by atoms with E-state index in [9.17, 15) is 0 Å². The second kappa shape index (κ2) is 7.60. The molecule has 5 rings (SSSR count). The summed E-state index contributed by atoms with van der Waals surface area (Å²) in [4.78, 5) is 4.66. The lowest BCUT2D eigenvalue weighted by molar-refractivity contribution is 0.483. The van der Waals surface area contributed by atoms with Crippen LogP contribution in [0.3, 0.4) is 0 Å². The maximum absolute atomic E-state index is 5.92. The highest BCUT2D eigenvalue weighted by atomic mass is 16.5. The van der Waals surface area contributed by atoms with Crippen molar-refractivity contribution in [3.05, 3.63) is 91.2 Å². The fourth-order valence-electron chi connectivity index (χ4n) is 3.15. The molecule has 0 aliphatic rings. The van der Waals surface area contributed by atoms with Crippen LogP contribution < -0.4 is 10.5 Å². The second-order valence-corrected chi connectivity index (χ2v) is 6.76. The molecule has 0 saturated heterocycles. The molecule has 5 aromatic rings. The monoisotopic (exact) mass is 394 g/mol. The summed E-state index contributed by atoms with van der Waals surface area (Å²) in [6.07, 6.45) is 1.66. The van der Waals surface area contributed by atoms with E-state index in [4.69, 9.17) is 14.9 Å². The minimum absolute atomic E-state index is 0.614. The van der Waals surface area contributed by atoms with Crippen molar-refractivity contribution in [2.45, 2.75) is 0 Å². The summed E-state index contributed by atoms with van der Waals surface area (Å²) in [5.41, 5.74) is 9.18. The van der Waals surface area contributed by atoms with Gasteiger partial charge < -0.3 is 14.9 Å². The first-order valence-corrected chi connectivity index (χ1v) is 9.45. The molecule has 0 radical (unpaired) electrons. The van der Waals surface area contributed by atoms with Gasteiger partial charge in [0.2, 0.25) is 0 Å². The third-order valence-corrected chi connectivity index (χ3v) is 4.64. The highest BCUT2D eigenvalue weighted by Gasteiger charge is 2.11. The average molecular weight is 394 g/mol. The average Bonchev–Trinajstić information content (AvgIpc) is 3.48. The summed E-state index contributed by atoms with van der Waals surface area (Å²) in [6.45, 7) is 0. The van der Waals surface area contributed by atoms with Crippen LogP contribution in [0.4, 0.5) is 5.69 Å². The van der Waals surface area contributed by atoms with E-state index in [-0.39, 0.29) is 0 Å². The Hall–Kier alpha value is -4.32. The molecular formula is C24H18N4O2. The van der Waals surface area contributed by atoms with E-state index in [0.29, 0.717) is 28.8 Å². The van der Waals surface area contributed by atoms with Crippen LogP contribution in [0.5, 0.6) is 11.5 Å². The van der Waals surface area contributed by atoms with Gasteiger partial charge in [-0.3, -0.25) is 5.10 Å². The van der Waals surface area contributed by atoms with Crippen molar-refractivity contribution < 1.29 is 9.15 Å². The van der Waals surface area contributed by atoms with E-state index < -0.39 is 0 Å². The number of nitrogen functional groups attached to an aromatic ring is 1.